The topological polar surface area (TPSA) is 0 Å². The van der Waals surface area contributed by atoms with E-state index in [1.165, 1.54) is 103 Å². The second-order valence-electron chi connectivity index (χ2n) is 7.27. The first kappa shape index (κ1) is 21.7. The van der Waals surface area contributed by atoms with Gasteiger partial charge in [0.05, 0.1) is 0 Å². The van der Waals surface area contributed by atoms with Gasteiger partial charge in [-0.05, 0) is 25.2 Å². The zero-order chi connectivity index (χ0) is 16.3. The summed E-state index contributed by atoms with van der Waals surface area (Å²) in [4.78, 5) is 0. The molecule has 0 radical (unpaired) electrons. The fourth-order valence-electron chi connectivity index (χ4n) is 3.08. The smallest absolute Gasteiger partial charge is 0.0351 e. The summed E-state index contributed by atoms with van der Waals surface area (Å²) < 4.78 is 0. The maximum Gasteiger partial charge on any atom is -0.0351 e. The first-order valence-corrected chi connectivity index (χ1v) is 10.5. The molecular weight excluding hydrogens is 264 g/mol. The van der Waals surface area contributed by atoms with Gasteiger partial charge in [0, 0.05) is 0 Å². The summed E-state index contributed by atoms with van der Waals surface area (Å²) in [7, 11) is 0. The summed E-state index contributed by atoms with van der Waals surface area (Å²) >= 11 is 0. The van der Waals surface area contributed by atoms with Crippen molar-refractivity contribution in [3.8, 4) is 0 Å². The molecule has 0 saturated heterocycles. The van der Waals surface area contributed by atoms with Crippen LogP contribution >= 0.6 is 0 Å². The van der Waals surface area contributed by atoms with Gasteiger partial charge in [-0.1, -0.05) is 116 Å². The van der Waals surface area contributed by atoms with Gasteiger partial charge < -0.3 is 0 Å². The molecule has 0 aliphatic heterocycles. The van der Waals surface area contributed by atoms with Crippen molar-refractivity contribution in [3.05, 3.63) is 12.2 Å². The van der Waals surface area contributed by atoms with Crippen LogP contribution in [0, 0.1) is 5.92 Å². The van der Waals surface area contributed by atoms with E-state index in [4.69, 9.17) is 0 Å². The van der Waals surface area contributed by atoms with Crippen LogP contribution in [0.2, 0.25) is 0 Å². The predicted molar refractivity (Wildman–Crippen MR) is 104 cm³/mol. The largest absolute Gasteiger partial charge is 0.0885 e. The van der Waals surface area contributed by atoms with E-state index >= 15 is 0 Å². The molecule has 132 valence electrons. The molecule has 0 aromatic heterocycles. The van der Waals surface area contributed by atoms with Crippen molar-refractivity contribution in [1.29, 1.82) is 0 Å². The Kier molecular flexibility index (Phi) is 18.6. The van der Waals surface area contributed by atoms with Gasteiger partial charge in [0.1, 0.15) is 0 Å². The summed E-state index contributed by atoms with van der Waals surface area (Å²) in [5, 5.41) is 0. The van der Waals surface area contributed by atoms with Crippen molar-refractivity contribution in [2.24, 2.45) is 5.92 Å². The standard InChI is InChI=1S/C22H44/c1-4-6-8-10-12-13-14-15-17-19-21-22(3)20-18-16-11-9-7-5-2/h10,12,22H,4-9,11,13-21H2,1-3H3/b12-10+. The first-order valence-electron chi connectivity index (χ1n) is 10.5. The van der Waals surface area contributed by atoms with Crippen LogP contribution < -0.4 is 0 Å². The van der Waals surface area contributed by atoms with E-state index in [9.17, 15) is 0 Å². The van der Waals surface area contributed by atoms with E-state index in [-0.39, 0.29) is 0 Å². The van der Waals surface area contributed by atoms with Gasteiger partial charge in [-0.15, -0.1) is 0 Å². The first-order chi connectivity index (χ1) is 10.8. The molecule has 0 aliphatic carbocycles. The quantitative estimate of drug-likeness (QED) is 0.187. The second kappa shape index (κ2) is 18.8. The van der Waals surface area contributed by atoms with Gasteiger partial charge in [-0.2, -0.15) is 0 Å². The molecule has 0 N–H and O–H groups in total. The molecule has 0 amide bonds. The molecule has 0 spiro atoms. The van der Waals surface area contributed by atoms with Gasteiger partial charge in [-0.25, -0.2) is 0 Å². The Hall–Kier alpha value is -0.260. The highest BCUT2D eigenvalue weighted by molar-refractivity contribution is 4.81. The van der Waals surface area contributed by atoms with E-state index in [2.05, 4.69) is 32.9 Å². The van der Waals surface area contributed by atoms with E-state index in [1.54, 1.807) is 0 Å². The van der Waals surface area contributed by atoms with Crippen LogP contribution in [-0.4, -0.2) is 0 Å². The van der Waals surface area contributed by atoms with Crippen molar-refractivity contribution in [1.82, 2.24) is 0 Å². The van der Waals surface area contributed by atoms with Gasteiger partial charge in [-0.3, -0.25) is 0 Å². The minimum atomic E-state index is 0.958. The minimum absolute atomic E-state index is 0.958. The fourth-order valence-corrected chi connectivity index (χ4v) is 3.08. The third-order valence-corrected chi connectivity index (χ3v) is 4.76. The molecule has 0 heterocycles. The van der Waals surface area contributed by atoms with Crippen LogP contribution in [0.25, 0.3) is 0 Å². The van der Waals surface area contributed by atoms with Gasteiger partial charge in [0.2, 0.25) is 0 Å². The summed E-state index contributed by atoms with van der Waals surface area (Å²) in [6.45, 7) is 7.02. The van der Waals surface area contributed by atoms with E-state index in [0.717, 1.165) is 5.92 Å². The maximum absolute atomic E-state index is 2.46. The van der Waals surface area contributed by atoms with Crippen molar-refractivity contribution >= 4 is 0 Å². The Morgan fingerprint density at radius 3 is 1.59 bits per heavy atom. The Balaban J connectivity index is 3.18. The van der Waals surface area contributed by atoms with Gasteiger partial charge in [0.25, 0.3) is 0 Å². The molecule has 0 bridgehead atoms. The monoisotopic (exact) mass is 308 g/mol. The highest BCUT2D eigenvalue weighted by Crippen LogP contribution is 2.18. The van der Waals surface area contributed by atoms with Crippen LogP contribution in [-0.2, 0) is 0 Å². The van der Waals surface area contributed by atoms with Crippen molar-refractivity contribution in [2.75, 3.05) is 0 Å². The molecule has 0 rings (SSSR count). The van der Waals surface area contributed by atoms with E-state index in [0.29, 0.717) is 0 Å². The van der Waals surface area contributed by atoms with E-state index < -0.39 is 0 Å². The molecule has 1 unspecified atom stereocenters. The Morgan fingerprint density at radius 2 is 1.00 bits per heavy atom. The van der Waals surface area contributed by atoms with Crippen LogP contribution in [0.1, 0.15) is 124 Å². The SMILES string of the molecule is CCCC/C=C/CCCCCCC(C)CCCCCCCC. The zero-order valence-electron chi connectivity index (χ0n) is 16.0. The third-order valence-electron chi connectivity index (χ3n) is 4.76. The number of rotatable bonds is 17. The average molecular weight is 309 g/mol. The number of unbranched alkanes of at least 4 members (excludes halogenated alkanes) is 11. The minimum Gasteiger partial charge on any atom is -0.0885 e. The fraction of sp³-hybridized carbons (Fsp3) is 0.909. The molecular formula is C22H44. The molecule has 22 heavy (non-hydrogen) atoms. The number of hydrogen-bond acceptors (Lipinski definition) is 0. The second-order valence-corrected chi connectivity index (χ2v) is 7.27. The molecule has 1 atom stereocenters. The highest BCUT2D eigenvalue weighted by Gasteiger charge is 2.01. The van der Waals surface area contributed by atoms with Crippen molar-refractivity contribution in [3.63, 3.8) is 0 Å². The lowest BCUT2D eigenvalue weighted by Gasteiger charge is -2.10. The van der Waals surface area contributed by atoms with Crippen LogP contribution in [0.5, 0.6) is 0 Å². The number of hydrogen-bond donors (Lipinski definition) is 0. The van der Waals surface area contributed by atoms with Gasteiger partial charge >= 0.3 is 0 Å². The van der Waals surface area contributed by atoms with Crippen LogP contribution in [0.15, 0.2) is 12.2 Å². The molecule has 0 aliphatic rings. The molecule has 0 aromatic carbocycles. The van der Waals surface area contributed by atoms with E-state index in [1.807, 2.05) is 0 Å². The third kappa shape index (κ3) is 17.8. The zero-order valence-corrected chi connectivity index (χ0v) is 16.0. The average Bonchev–Trinajstić information content (AvgIpc) is 2.52. The molecule has 0 heteroatoms. The molecule has 0 aromatic rings. The highest BCUT2D eigenvalue weighted by atomic mass is 14.1. The Morgan fingerprint density at radius 1 is 0.545 bits per heavy atom. The summed E-state index contributed by atoms with van der Waals surface area (Å²) in [6.07, 6.45) is 27.4. The lowest BCUT2D eigenvalue weighted by Crippen LogP contribution is -1.95. The summed E-state index contributed by atoms with van der Waals surface area (Å²) in [5.74, 6) is 0.958. The van der Waals surface area contributed by atoms with Crippen molar-refractivity contribution < 1.29 is 0 Å². The Labute approximate surface area is 142 Å². The van der Waals surface area contributed by atoms with Crippen molar-refractivity contribution in [2.45, 2.75) is 124 Å². The Bertz CT molecular complexity index is 216. The summed E-state index contributed by atoms with van der Waals surface area (Å²) in [5.41, 5.74) is 0. The molecule has 0 fully saturated rings. The summed E-state index contributed by atoms with van der Waals surface area (Å²) in [6, 6.07) is 0. The molecule has 0 saturated carbocycles. The molecule has 0 nitrogen and oxygen atoms in total. The van der Waals surface area contributed by atoms with Crippen LogP contribution in [0.3, 0.4) is 0 Å². The number of allylic oxidation sites excluding steroid dienone is 2. The lowest BCUT2D eigenvalue weighted by atomic mass is 9.96. The van der Waals surface area contributed by atoms with Crippen LogP contribution in [0.4, 0.5) is 0 Å². The van der Waals surface area contributed by atoms with Gasteiger partial charge in [0.15, 0.2) is 0 Å². The lowest BCUT2D eigenvalue weighted by molar-refractivity contribution is 0.433. The maximum atomic E-state index is 2.46. The normalized spacial score (nSPS) is 13.0. The predicted octanol–water partition coefficient (Wildman–Crippen LogP) is 8.46.